The van der Waals surface area contributed by atoms with E-state index in [0.717, 1.165) is 5.56 Å². The van der Waals surface area contributed by atoms with Crippen LogP contribution >= 0.6 is 0 Å². The molecule has 2 aromatic rings. The number of anilines is 1. The molecule has 7 heteroatoms. The molecular formula is C20H27NO4SSi. The first-order valence-corrected chi connectivity index (χ1v) is 13.1. The van der Waals surface area contributed by atoms with Crippen LogP contribution in [-0.2, 0) is 10.0 Å². The number of aryl methyl sites for hydroxylation is 1. The lowest BCUT2D eigenvalue weighted by Crippen LogP contribution is -2.43. The van der Waals surface area contributed by atoms with Crippen molar-refractivity contribution in [3.8, 4) is 5.75 Å². The third kappa shape index (κ3) is 4.99. The minimum Gasteiger partial charge on any atom is -0.543 e. The van der Waals surface area contributed by atoms with Gasteiger partial charge in [-0.1, -0.05) is 38.5 Å². The molecule has 1 N–H and O–H groups in total. The fraction of sp³-hybridized carbons (Fsp3) is 0.350. The summed E-state index contributed by atoms with van der Waals surface area (Å²) in [6, 6.07) is 11.4. The van der Waals surface area contributed by atoms with Crippen LogP contribution in [0.15, 0.2) is 47.4 Å². The van der Waals surface area contributed by atoms with Gasteiger partial charge in [0, 0.05) is 5.56 Å². The molecular weight excluding hydrogens is 378 g/mol. The molecule has 0 aliphatic rings. The number of aldehydes is 1. The quantitative estimate of drug-likeness (QED) is 0.543. The highest BCUT2D eigenvalue weighted by Gasteiger charge is 2.39. The number of benzene rings is 2. The number of hydrogen-bond donors (Lipinski definition) is 1. The molecule has 0 bridgehead atoms. The third-order valence-electron chi connectivity index (χ3n) is 4.90. The van der Waals surface area contributed by atoms with E-state index in [1.54, 1.807) is 30.3 Å². The van der Waals surface area contributed by atoms with E-state index in [9.17, 15) is 13.2 Å². The van der Waals surface area contributed by atoms with E-state index in [-0.39, 0.29) is 21.2 Å². The topological polar surface area (TPSA) is 72.5 Å². The summed E-state index contributed by atoms with van der Waals surface area (Å²) in [5.74, 6) is 0.571. The Balaban J connectivity index is 2.31. The van der Waals surface area contributed by atoms with Crippen LogP contribution in [-0.4, -0.2) is 23.0 Å². The summed E-state index contributed by atoms with van der Waals surface area (Å²) in [4.78, 5) is 11.7. The maximum atomic E-state index is 12.6. The largest absolute Gasteiger partial charge is 0.543 e. The van der Waals surface area contributed by atoms with E-state index in [0.29, 0.717) is 12.0 Å². The summed E-state index contributed by atoms with van der Waals surface area (Å²) in [7, 11) is -5.83. The molecule has 0 aromatic heterocycles. The van der Waals surface area contributed by atoms with Gasteiger partial charge in [-0.3, -0.25) is 9.52 Å². The lowest BCUT2D eigenvalue weighted by atomic mass is 10.2. The van der Waals surface area contributed by atoms with E-state index >= 15 is 0 Å². The van der Waals surface area contributed by atoms with Gasteiger partial charge in [-0.25, -0.2) is 8.42 Å². The standard InChI is InChI=1S/C20H27NO4SSi/c1-15-7-10-18(11-8-15)26(23,24)21-19-12-9-17(13-16(19)14-22)25-27(5,6)20(2,3)4/h7-14,21H,1-6H3. The molecule has 5 nitrogen and oxygen atoms in total. The SMILES string of the molecule is Cc1ccc(S(=O)(=O)Nc2ccc(O[Si](C)(C)C(C)(C)C)cc2C=O)cc1. The summed E-state index contributed by atoms with van der Waals surface area (Å²) in [6.45, 7) is 12.5. The zero-order chi connectivity index (χ0) is 20.5. The summed E-state index contributed by atoms with van der Waals surface area (Å²) < 4.78 is 33.8. The van der Waals surface area contributed by atoms with E-state index < -0.39 is 18.3 Å². The van der Waals surface area contributed by atoms with Crippen LogP contribution in [0.3, 0.4) is 0 Å². The van der Waals surface area contributed by atoms with E-state index in [1.807, 2.05) is 6.92 Å². The molecule has 146 valence electrons. The van der Waals surface area contributed by atoms with Gasteiger partial charge in [0.1, 0.15) is 5.75 Å². The molecule has 2 aromatic carbocycles. The van der Waals surface area contributed by atoms with Gasteiger partial charge < -0.3 is 4.43 Å². The van der Waals surface area contributed by atoms with E-state index in [1.165, 1.54) is 12.1 Å². The van der Waals surface area contributed by atoms with Crippen LogP contribution < -0.4 is 9.15 Å². The van der Waals surface area contributed by atoms with Gasteiger partial charge >= 0.3 is 0 Å². The molecule has 27 heavy (non-hydrogen) atoms. The smallest absolute Gasteiger partial charge is 0.261 e. The molecule has 0 amide bonds. The second-order valence-electron chi connectivity index (χ2n) is 8.15. The second kappa shape index (κ2) is 7.48. The van der Waals surface area contributed by atoms with Crippen LogP contribution in [0.2, 0.25) is 18.1 Å². The Morgan fingerprint density at radius 2 is 1.63 bits per heavy atom. The van der Waals surface area contributed by atoms with Crippen LogP contribution in [0, 0.1) is 6.92 Å². The van der Waals surface area contributed by atoms with Crippen molar-refractivity contribution in [1.29, 1.82) is 0 Å². The number of sulfonamides is 1. The average molecular weight is 406 g/mol. The number of rotatable bonds is 6. The Morgan fingerprint density at radius 1 is 1.04 bits per heavy atom. The third-order valence-corrected chi connectivity index (χ3v) is 10.6. The van der Waals surface area contributed by atoms with Crippen molar-refractivity contribution in [1.82, 2.24) is 0 Å². The van der Waals surface area contributed by atoms with Gasteiger partial charge in [0.15, 0.2) is 6.29 Å². The zero-order valence-electron chi connectivity index (χ0n) is 16.7. The molecule has 0 saturated carbocycles. The normalized spacial score (nSPS) is 12.5. The van der Waals surface area contributed by atoms with Crippen LogP contribution in [0.4, 0.5) is 5.69 Å². The van der Waals surface area contributed by atoms with Gasteiger partial charge in [0.2, 0.25) is 8.32 Å². The first kappa shape index (κ1) is 21.2. The second-order valence-corrected chi connectivity index (χ2v) is 14.6. The highest BCUT2D eigenvalue weighted by atomic mass is 32.2. The van der Waals surface area contributed by atoms with Crippen LogP contribution in [0.1, 0.15) is 36.7 Å². The molecule has 0 radical (unpaired) electrons. The first-order valence-electron chi connectivity index (χ1n) is 8.73. The Morgan fingerprint density at radius 3 is 2.15 bits per heavy atom. The minimum absolute atomic E-state index is 0.0139. The van der Waals surface area contributed by atoms with Crippen LogP contribution in [0.5, 0.6) is 5.75 Å². The highest BCUT2D eigenvalue weighted by molar-refractivity contribution is 7.92. The van der Waals surface area contributed by atoms with Gasteiger partial charge in [-0.15, -0.1) is 0 Å². The predicted octanol–water partition coefficient (Wildman–Crippen LogP) is 4.99. The first-order chi connectivity index (χ1) is 12.4. The molecule has 0 saturated heterocycles. The van der Waals surface area contributed by atoms with Crippen molar-refractivity contribution in [2.45, 2.75) is 50.7 Å². The number of carbonyl (C=O) groups excluding carboxylic acids is 1. The fourth-order valence-corrected chi connectivity index (χ4v) is 4.27. The lowest BCUT2D eigenvalue weighted by Gasteiger charge is -2.36. The molecule has 0 fully saturated rings. The predicted molar refractivity (Wildman–Crippen MR) is 112 cm³/mol. The molecule has 0 heterocycles. The Hall–Kier alpha value is -2.12. The summed E-state index contributed by atoms with van der Waals surface area (Å²) >= 11 is 0. The fourth-order valence-electron chi connectivity index (χ4n) is 2.16. The van der Waals surface area contributed by atoms with Gasteiger partial charge in [-0.2, -0.15) is 0 Å². The van der Waals surface area contributed by atoms with Gasteiger partial charge in [0.25, 0.3) is 10.0 Å². The van der Waals surface area contributed by atoms with E-state index in [2.05, 4.69) is 38.6 Å². The maximum absolute atomic E-state index is 12.6. The molecule has 0 atom stereocenters. The minimum atomic E-state index is -3.77. The Kier molecular flexibility index (Phi) is 5.87. The number of hydrogen-bond acceptors (Lipinski definition) is 4. The van der Waals surface area contributed by atoms with Crippen molar-refractivity contribution in [2.75, 3.05) is 4.72 Å². The maximum Gasteiger partial charge on any atom is 0.261 e. The Bertz CT molecular complexity index is 929. The van der Waals surface area contributed by atoms with Gasteiger partial charge in [0.05, 0.1) is 10.6 Å². The number of carbonyl (C=O) groups is 1. The molecule has 2 rings (SSSR count). The Labute approximate surface area is 162 Å². The molecule has 0 aliphatic carbocycles. The van der Waals surface area contributed by atoms with E-state index in [4.69, 9.17) is 4.43 Å². The van der Waals surface area contributed by atoms with Crippen molar-refractivity contribution >= 4 is 30.3 Å². The summed E-state index contributed by atoms with van der Waals surface area (Å²) in [6.07, 6.45) is 0.630. The monoisotopic (exact) mass is 405 g/mol. The van der Waals surface area contributed by atoms with Crippen molar-refractivity contribution < 1.29 is 17.6 Å². The zero-order valence-corrected chi connectivity index (χ0v) is 18.5. The van der Waals surface area contributed by atoms with Crippen LogP contribution in [0.25, 0.3) is 0 Å². The summed E-state index contributed by atoms with van der Waals surface area (Å²) in [5.41, 5.74) is 1.43. The number of nitrogens with one attached hydrogen (secondary N) is 1. The van der Waals surface area contributed by atoms with Crippen molar-refractivity contribution in [3.63, 3.8) is 0 Å². The highest BCUT2D eigenvalue weighted by Crippen LogP contribution is 2.38. The average Bonchev–Trinajstić information content (AvgIpc) is 2.55. The summed E-state index contributed by atoms with van der Waals surface area (Å²) in [5, 5.41) is 0.0139. The molecule has 0 unspecified atom stereocenters. The molecule has 0 spiro atoms. The lowest BCUT2D eigenvalue weighted by molar-refractivity contribution is 0.112. The van der Waals surface area contributed by atoms with Crippen molar-refractivity contribution in [3.05, 3.63) is 53.6 Å². The van der Waals surface area contributed by atoms with Gasteiger partial charge in [-0.05, 0) is 55.4 Å². The molecule has 0 aliphatic heterocycles. The van der Waals surface area contributed by atoms with Crippen molar-refractivity contribution in [2.24, 2.45) is 0 Å².